The first-order chi connectivity index (χ1) is 8.07. The molecule has 0 atom stereocenters. The molecule has 0 radical (unpaired) electrons. The quantitative estimate of drug-likeness (QED) is 0.818. The first kappa shape index (κ1) is 12.3. The van der Waals surface area contributed by atoms with Crippen LogP contribution in [-0.4, -0.2) is 36.6 Å². The maximum Gasteiger partial charge on any atom is 0.214 e. The SMILES string of the molecule is CN1CCC(C)(CNc2cccc(F)n2)CC1. The number of hydrogen-bond donors (Lipinski definition) is 1. The number of aromatic nitrogens is 1. The summed E-state index contributed by atoms with van der Waals surface area (Å²) in [5, 5.41) is 3.24. The number of nitrogens with one attached hydrogen (secondary N) is 1. The lowest BCUT2D eigenvalue weighted by Gasteiger charge is -2.38. The van der Waals surface area contributed by atoms with Gasteiger partial charge in [0, 0.05) is 6.54 Å². The summed E-state index contributed by atoms with van der Waals surface area (Å²) >= 11 is 0. The van der Waals surface area contributed by atoms with Crippen molar-refractivity contribution in [3.63, 3.8) is 0 Å². The molecule has 1 aliphatic heterocycles. The minimum Gasteiger partial charge on any atom is -0.369 e. The Labute approximate surface area is 102 Å². The summed E-state index contributed by atoms with van der Waals surface area (Å²) in [6.45, 7) is 5.41. The first-order valence-electron chi connectivity index (χ1n) is 6.12. The fraction of sp³-hybridized carbons (Fsp3) is 0.615. The number of likely N-dealkylation sites (tertiary alicyclic amines) is 1. The summed E-state index contributed by atoms with van der Waals surface area (Å²) in [6.07, 6.45) is 2.34. The second kappa shape index (κ2) is 5.00. The number of piperidine rings is 1. The normalized spacial score (nSPS) is 20.2. The summed E-state index contributed by atoms with van der Waals surface area (Å²) in [5.74, 6) is 0.202. The minimum absolute atomic E-state index is 0.292. The van der Waals surface area contributed by atoms with Gasteiger partial charge < -0.3 is 10.2 Å². The number of hydrogen-bond acceptors (Lipinski definition) is 3. The molecular formula is C13H20FN3. The third-order valence-corrected chi connectivity index (χ3v) is 3.61. The Bertz CT molecular complexity index is 373. The molecule has 1 aromatic heterocycles. The van der Waals surface area contributed by atoms with Crippen LogP contribution in [0.15, 0.2) is 18.2 Å². The van der Waals surface area contributed by atoms with Crippen LogP contribution < -0.4 is 5.32 Å². The van der Waals surface area contributed by atoms with Crippen molar-refractivity contribution in [3.05, 3.63) is 24.1 Å². The van der Waals surface area contributed by atoms with Gasteiger partial charge in [-0.3, -0.25) is 0 Å². The Morgan fingerprint density at radius 1 is 1.41 bits per heavy atom. The molecular weight excluding hydrogens is 217 g/mol. The molecule has 2 heterocycles. The van der Waals surface area contributed by atoms with E-state index in [4.69, 9.17) is 0 Å². The van der Waals surface area contributed by atoms with Gasteiger partial charge in [0.2, 0.25) is 5.95 Å². The van der Waals surface area contributed by atoms with Crippen molar-refractivity contribution in [1.29, 1.82) is 0 Å². The molecule has 0 unspecified atom stereocenters. The molecule has 4 heteroatoms. The van der Waals surface area contributed by atoms with Gasteiger partial charge in [0.1, 0.15) is 5.82 Å². The molecule has 17 heavy (non-hydrogen) atoms. The fourth-order valence-electron chi connectivity index (χ4n) is 2.15. The minimum atomic E-state index is -0.427. The van der Waals surface area contributed by atoms with Crippen molar-refractivity contribution in [2.45, 2.75) is 19.8 Å². The summed E-state index contributed by atoms with van der Waals surface area (Å²) < 4.78 is 12.9. The van der Waals surface area contributed by atoms with E-state index in [1.54, 1.807) is 12.1 Å². The Hall–Kier alpha value is -1.16. The van der Waals surface area contributed by atoms with Crippen LogP contribution >= 0.6 is 0 Å². The summed E-state index contributed by atoms with van der Waals surface area (Å²) in [4.78, 5) is 6.16. The molecule has 2 rings (SSSR count). The van der Waals surface area contributed by atoms with Gasteiger partial charge >= 0.3 is 0 Å². The highest BCUT2D eigenvalue weighted by Gasteiger charge is 2.28. The smallest absolute Gasteiger partial charge is 0.214 e. The third-order valence-electron chi connectivity index (χ3n) is 3.61. The van der Waals surface area contributed by atoms with E-state index in [0.717, 1.165) is 19.6 Å². The predicted octanol–water partition coefficient (Wildman–Crippen LogP) is 2.36. The Balaban J connectivity index is 1.89. The Morgan fingerprint density at radius 2 is 2.12 bits per heavy atom. The molecule has 0 spiro atoms. The average molecular weight is 237 g/mol. The number of rotatable bonds is 3. The Morgan fingerprint density at radius 3 is 2.76 bits per heavy atom. The van der Waals surface area contributed by atoms with E-state index in [1.165, 1.54) is 18.9 Å². The number of halogens is 1. The predicted molar refractivity (Wildman–Crippen MR) is 67.5 cm³/mol. The molecule has 0 amide bonds. The van der Waals surface area contributed by atoms with Crippen LogP contribution in [0, 0.1) is 11.4 Å². The van der Waals surface area contributed by atoms with Crippen LogP contribution in [0.1, 0.15) is 19.8 Å². The van der Waals surface area contributed by atoms with Crippen molar-refractivity contribution in [2.75, 3.05) is 32.0 Å². The third kappa shape index (κ3) is 3.40. The second-order valence-electron chi connectivity index (χ2n) is 5.31. The fourth-order valence-corrected chi connectivity index (χ4v) is 2.15. The molecule has 1 aromatic rings. The van der Waals surface area contributed by atoms with E-state index in [9.17, 15) is 4.39 Å². The van der Waals surface area contributed by atoms with Crippen molar-refractivity contribution in [1.82, 2.24) is 9.88 Å². The zero-order chi connectivity index (χ0) is 12.3. The van der Waals surface area contributed by atoms with Crippen molar-refractivity contribution in [3.8, 4) is 0 Å². The van der Waals surface area contributed by atoms with Crippen LogP contribution in [0.4, 0.5) is 10.2 Å². The van der Waals surface area contributed by atoms with Crippen LogP contribution in [0.5, 0.6) is 0 Å². The second-order valence-corrected chi connectivity index (χ2v) is 5.31. The number of anilines is 1. The topological polar surface area (TPSA) is 28.2 Å². The van der Waals surface area contributed by atoms with Gasteiger partial charge in [-0.05, 0) is 50.5 Å². The molecule has 0 aliphatic carbocycles. The molecule has 1 saturated heterocycles. The van der Waals surface area contributed by atoms with Gasteiger partial charge in [-0.2, -0.15) is 4.39 Å². The average Bonchev–Trinajstić information content (AvgIpc) is 2.31. The maximum absolute atomic E-state index is 12.9. The molecule has 1 aliphatic rings. The molecule has 94 valence electrons. The lowest BCUT2D eigenvalue weighted by Crippen LogP contribution is -2.40. The summed E-state index contributed by atoms with van der Waals surface area (Å²) in [6, 6.07) is 4.85. The van der Waals surface area contributed by atoms with E-state index < -0.39 is 5.95 Å². The maximum atomic E-state index is 12.9. The monoisotopic (exact) mass is 237 g/mol. The van der Waals surface area contributed by atoms with Crippen molar-refractivity contribution in [2.24, 2.45) is 5.41 Å². The van der Waals surface area contributed by atoms with E-state index in [2.05, 4.69) is 29.2 Å². The lowest BCUT2D eigenvalue weighted by atomic mass is 9.80. The zero-order valence-corrected chi connectivity index (χ0v) is 10.5. The van der Waals surface area contributed by atoms with Gasteiger partial charge in [0.05, 0.1) is 0 Å². The highest BCUT2D eigenvalue weighted by atomic mass is 19.1. The summed E-state index contributed by atoms with van der Waals surface area (Å²) in [5.41, 5.74) is 0.292. The lowest BCUT2D eigenvalue weighted by molar-refractivity contribution is 0.150. The standard InChI is InChI=1S/C13H20FN3/c1-13(6-8-17(2)9-7-13)10-15-12-5-3-4-11(14)16-12/h3-5H,6-10H2,1-2H3,(H,15,16). The van der Waals surface area contributed by atoms with Crippen molar-refractivity contribution >= 4 is 5.82 Å². The molecule has 1 fully saturated rings. The van der Waals surface area contributed by atoms with Gasteiger partial charge in [-0.25, -0.2) is 4.98 Å². The van der Waals surface area contributed by atoms with Crippen molar-refractivity contribution < 1.29 is 4.39 Å². The van der Waals surface area contributed by atoms with Gasteiger partial charge in [-0.1, -0.05) is 13.0 Å². The van der Waals surface area contributed by atoms with Crippen LogP contribution in [-0.2, 0) is 0 Å². The highest BCUT2D eigenvalue weighted by molar-refractivity contribution is 5.33. The zero-order valence-electron chi connectivity index (χ0n) is 10.5. The van der Waals surface area contributed by atoms with Crippen LogP contribution in [0.25, 0.3) is 0 Å². The molecule has 1 N–H and O–H groups in total. The first-order valence-corrected chi connectivity index (χ1v) is 6.12. The van der Waals surface area contributed by atoms with Gasteiger partial charge in [-0.15, -0.1) is 0 Å². The molecule has 0 saturated carbocycles. The van der Waals surface area contributed by atoms with E-state index in [1.807, 2.05) is 0 Å². The Kier molecular flexibility index (Phi) is 3.62. The van der Waals surface area contributed by atoms with E-state index in [-0.39, 0.29) is 0 Å². The van der Waals surface area contributed by atoms with E-state index in [0.29, 0.717) is 11.2 Å². The van der Waals surface area contributed by atoms with E-state index >= 15 is 0 Å². The number of pyridine rings is 1. The van der Waals surface area contributed by atoms with Gasteiger partial charge in [0.25, 0.3) is 0 Å². The van der Waals surface area contributed by atoms with Gasteiger partial charge in [0.15, 0.2) is 0 Å². The molecule has 0 aromatic carbocycles. The summed E-state index contributed by atoms with van der Waals surface area (Å²) in [7, 11) is 2.15. The van der Waals surface area contributed by atoms with Crippen LogP contribution in [0.3, 0.4) is 0 Å². The highest BCUT2D eigenvalue weighted by Crippen LogP contribution is 2.30. The molecule has 0 bridgehead atoms. The largest absolute Gasteiger partial charge is 0.369 e. The van der Waals surface area contributed by atoms with Crippen LogP contribution in [0.2, 0.25) is 0 Å². The molecule has 3 nitrogen and oxygen atoms in total. The number of nitrogens with zero attached hydrogens (tertiary/aromatic N) is 2.